The predicted octanol–water partition coefficient (Wildman–Crippen LogP) is 1.41. The topological polar surface area (TPSA) is 103 Å². The monoisotopic (exact) mass is 294 g/mol. The SMILES string of the molecule is Nc1nc(N)nc(CNc2ccc(Br)cc2)n1. The van der Waals surface area contributed by atoms with Crippen molar-refractivity contribution in [3.8, 4) is 0 Å². The van der Waals surface area contributed by atoms with Crippen molar-refractivity contribution in [3.63, 3.8) is 0 Å². The predicted molar refractivity (Wildman–Crippen MR) is 70.1 cm³/mol. The Morgan fingerprint density at radius 1 is 1.00 bits per heavy atom. The van der Waals surface area contributed by atoms with Gasteiger partial charge in [-0.1, -0.05) is 15.9 Å². The second-order valence-electron chi connectivity index (χ2n) is 3.33. The third kappa shape index (κ3) is 3.28. The summed E-state index contributed by atoms with van der Waals surface area (Å²) in [7, 11) is 0. The van der Waals surface area contributed by atoms with Crippen molar-refractivity contribution in [3.05, 3.63) is 34.6 Å². The van der Waals surface area contributed by atoms with Gasteiger partial charge in [0.05, 0.1) is 6.54 Å². The van der Waals surface area contributed by atoms with Gasteiger partial charge < -0.3 is 16.8 Å². The van der Waals surface area contributed by atoms with Crippen LogP contribution < -0.4 is 16.8 Å². The molecule has 0 saturated heterocycles. The van der Waals surface area contributed by atoms with Crippen LogP contribution in [0.3, 0.4) is 0 Å². The fourth-order valence-corrected chi connectivity index (χ4v) is 1.55. The number of nitrogens with one attached hydrogen (secondary N) is 1. The number of aromatic nitrogens is 3. The van der Waals surface area contributed by atoms with Gasteiger partial charge in [-0.3, -0.25) is 0 Å². The number of rotatable bonds is 3. The van der Waals surface area contributed by atoms with E-state index in [4.69, 9.17) is 11.5 Å². The number of anilines is 3. The molecule has 0 unspecified atom stereocenters. The molecule has 5 N–H and O–H groups in total. The minimum absolute atomic E-state index is 0.130. The lowest BCUT2D eigenvalue weighted by atomic mass is 10.3. The number of nitrogen functional groups attached to an aromatic ring is 2. The number of hydrogen-bond acceptors (Lipinski definition) is 6. The molecule has 0 fully saturated rings. The fourth-order valence-electron chi connectivity index (χ4n) is 1.28. The molecule has 2 aromatic rings. The molecule has 0 aliphatic rings. The Kier molecular flexibility index (Phi) is 3.38. The maximum Gasteiger partial charge on any atom is 0.225 e. The third-order valence-corrected chi connectivity index (χ3v) is 2.54. The Morgan fingerprint density at radius 2 is 1.59 bits per heavy atom. The molecule has 2 rings (SSSR count). The van der Waals surface area contributed by atoms with E-state index < -0.39 is 0 Å². The molecule has 1 aromatic heterocycles. The first kappa shape index (κ1) is 11.6. The van der Waals surface area contributed by atoms with Gasteiger partial charge in [0.1, 0.15) is 0 Å². The summed E-state index contributed by atoms with van der Waals surface area (Å²) in [5.41, 5.74) is 11.9. The molecule has 0 atom stereocenters. The van der Waals surface area contributed by atoms with Crippen LogP contribution in [0.1, 0.15) is 5.82 Å². The number of nitrogens with zero attached hydrogens (tertiary/aromatic N) is 3. The highest BCUT2D eigenvalue weighted by molar-refractivity contribution is 9.10. The van der Waals surface area contributed by atoms with E-state index >= 15 is 0 Å². The van der Waals surface area contributed by atoms with Crippen LogP contribution in [0.15, 0.2) is 28.7 Å². The highest BCUT2D eigenvalue weighted by Gasteiger charge is 2.01. The van der Waals surface area contributed by atoms with Gasteiger partial charge in [0.15, 0.2) is 5.82 Å². The smallest absolute Gasteiger partial charge is 0.225 e. The van der Waals surface area contributed by atoms with Gasteiger partial charge in [0.2, 0.25) is 11.9 Å². The Bertz CT molecular complexity index is 492. The van der Waals surface area contributed by atoms with E-state index in [9.17, 15) is 0 Å². The second kappa shape index (κ2) is 4.96. The molecule has 0 bridgehead atoms. The molecular formula is C10H11BrN6. The van der Waals surface area contributed by atoms with Gasteiger partial charge in [-0.05, 0) is 24.3 Å². The molecule has 0 spiro atoms. The van der Waals surface area contributed by atoms with Gasteiger partial charge in [0, 0.05) is 10.2 Å². The first-order valence-electron chi connectivity index (χ1n) is 4.89. The summed E-state index contributed by atoms with van der Waals surface area (Å²) in [5.74, 6) is 0.771. The average molecular weight is 295 g/mol. The summed E-state index contributed by atoms with van der Waals surface area (Å²) in [4.78, 5) is 11.6. The lowest BCUT2D eigenvalue weighted by Gasteiger charge is -2.06. The number of halogens is 1. The highest BCUT2D eigenvalue weighted by Crippen LogP contribution is 2.14. The van der Waals surface area contributed by atoms with Gasteiger partial charge in [-0.15, -0.1) is 0 Å². The summed E-state index contributed by atoms with van der Waals surface area (Å²) in [5, 5.41) is 3.16. The molecule has 0 aliphatic heterocycles. The van der Waals surface area contributed by atoms with Gasteiger partial charge in [-0.2, -0.15) is 15.0 Å². The lowest BCUT2D eigenvalue weighted by molar-refractivity contribution is 0.924. The van der Waals surface area contributed by atoms with Crippen molar-refractivity contribution < 1.29 is 0 Å². The first-order chi connectivity index (χ1) is 8.13. The molecule has 7 heteroatoms. The molecule has 88 valence electrons. The summed E-state index contributed by atoms with van der Waals surface area (Å²) < 4.78 is 1.02. The van der Waals surface area contributed by atoms with Crippen LogP contribution in [0.5, 0.6) is 0 Å². The van der Waals surface area contributed by atoms with E-state index in [0.717, 1.165) is 10.2 Å². The van der Waals surface area contributed by atoms with Crippen LogP contribution >= 0.6 is 15.9 Å². The minimum atomic E-state index is 0.130. The van der Waals surface area contributed by atoms with Crippen LogP contribution in [0.25, 0.3) is 0 Å². The Labute approximate surface area is 107 Å². The molecule has 0 amide bonds. The summed E-state index contributed by atoms with van der Waals surface area (Å²) in [6.07, 6.45) is 0. The second-order valence-corrected chi connectivity index (χ2v) is 4.24. The van der Waals surface area contributed by atoms with Crippen molar-refractivity contribution >= 4 is 33.5 Å². The van der Waals surface area contributed by atoms with Crippen molar-refractivity contribution in [2.45, 2.75) is 6.54 Å². The highest BCUT2D eigenvalue weighted by atomic mass is 79.9. The maximum absolute atomic E-state index is 5.47. The van der Waals surface area contributed by atoms with Crippen LogP contribution in [0, 0.1) is 0 Å². The van der Waals surface area contributed by atoms with E-state index in [0.29, 0.717) is 12.4 Å². The van der Waals surface area contributed by atoms with E-state index in [2.05, 4.69) is 36.2 Å². The molecular weight excluding hydrogens is 284 g/mol. The Balaban J connectivity index is 2.04. The molecule has 0 aliphatic carbocycles. The standard InChI is InChI=1S/C10H11BrN6/c11-6-1-3-7(4-2-6)14-5-8-15-9(12)17-10(13)16-8/h1-4,14H,5H2,(H4,12,13,15,16,17). The average Bonchev–Trinajstić information content (AvgIpc) is 2.27. The summed E-state index contributed by atoms with van der Waals surface area (Å²) >= 11 is 3.37. The zero-order valence-electron chi connectivity index (χ0n) is 8.89. The van der Waals surface area contributed by atoms with E-state index in [1.165, 1.54) is 0 Å². The van der Waals surface area contributed by atoms with Crippen molar-refractivity contribution in [2.75, 3.05) is 16.8 Å². The summed E-state index contributed by atoms with van der Waals surface area (Å²) in [6, 6.07) is 7.77. The van der Waals surface area contributed by atoms with Crippen LogP contribution in [0.4, 0.5) is 17.6 Å². The molecule has 0 saturated carbocycles. The Hall–Kier alpha value is -1.89. The molecule has 17 heavy (non-hydrogen) atoms. The molecule has 0 radical (unpaired) electrons. The first-order valence-corrected chi connectivity index (χ1v) is 5.68. The normalized spacial score (nSPS) is 10.2. The van der Waals surface area contributed by atoms with Crippen LogP contribution in [-0.4, -0.2) is 15.0 Å². The molecule has 1 heterocycles. The maximum atomic E-state index is 5.47. The zero-order chi connectivity index (χ0) is 12.3. The fraction of sp³-hybridized carbons (Fsp3) is 0.100. The largest absolute Gasteiger partial charge is 0.378 e. The van der Waals surface area contributed by atoms with Gasteiger partial charge in [-0.25, -0.2) is 0 Å². The van der Waals surface area contributed by atoms with E-state index in [1.807, 2.05) is 24.3 Å². The zero-order valence-corrected chi connectivity index (χ0v) is 10.5. The third-order valence-electron chi connectivity index (χ3n) is 2.01. The molecule has 1 aromatic carbocycles. The van der Waals surface area contributed by atoms with Crippen molar-refractivity contribution in [1.29, 1.82) is 0 Å². The quantitative estimate of drug-likeness (QED) is 0.791. The number of nitrogens with two attached hydrogens (primary N) is 2. The Morgan fingerprint density at radius 3 is 2.18 bits per heavy atom. The van der Waals surface area contributed by atoms with E-state index in [1.54, 1.807) is 0 Å². The van der Waals surface area contributed by atoms with Crippen molar-refractivity contribution in [2.24, 2.45) is 0 Å². The van der Waals surface area contributed by atoms with E-state index in [-0.39, 0.29) is 11.9 Å². The minimum Gasteiger partial charge on any atom is -0.378 e. The van der Waals surface area contributed by atoms with Gasteiger partial charge >= 0.3 is 0 Å². The molecule has 6 nitrogen and oxygen atoms in total. The van der Waals surface area contributed by atoms with Crippen LogP contribution in [-0.2, 0) is 6.54 Å². The van der Waals surface area contributed by atoms with Crippen LogP contribution in [0.2, 0.25) is 0 Å². The number of benzene rings is 1. The van der Waals surface area contributed by atoms with Gasteiger partial charge in [0.25, 0.3) is 0 Å². The number of hydrogen-bond donors (Lipinski definition) is 3. The summed E-state index contributed by atoms with van der Waals surface area (Å²) in [6.45, 7) is 0.443. The lowest BCUT2D eigenvalue weighted by Crippen LogP contribution is -2.10. The van der Waals surface area contributed by atoms with Crippen molar-refractivity contribution in [1.82, 2.24) is 15.0 Å².